The number of hydrogen-bond donors (Lipinski definition) is 1. The predicted molar refractivity (Wildman–Crippen MR) is 79.6 cm³/mol. The predicted octanol–water partition coefficient (Wildman–Crippen LogP) is 3.71. The van der Waals surface area contributed by atoms with Crippen molar-refractivity contribution in [2.45, 2.75) is 52.5 Å². The molecule has 1 atom stereocenters. The molecule has 0 bridgehead atoms. The van der Waals surface area contributed by atoms with Gasteiger partial charge in [-0.2, -0.15) is 0 Å². The Morgan fingerprint density at radius 3 is 2.56 bits per heavy atom. The summed E-state index contributed by atoms with van der Waals surface area (Å²) in [5.74, 6) is 6.18. The average Bonchev–Trinajstić information content (AvgIpc) is 2.40. The highest BCUT2D eigenvalue weighted by atomic mass is 14.9. The van der Waals surface area contributed by atoms with E-state index in [4.69, 9.17) is 0 Å². The first kappa shape index (κ1) is 14.8. The summed E-state index contributed by atoms with van der Waals surface area (Å²) in [5, 5.41) is 3.58. The molecule has 1 unspecified atom stereocenters. The lowest BCUT2D eigenvalue weighted by Crippen LogP contribution is -2.29. The lowest BCUT2D eigenvalue weighted by Gasteiger charge is -2.16. The van der Waals surface area contributed by atoms with Gasteiger partial charge in [0.1, 0.15) is 0 Å². The molecule has 0 fully saturated rings. The van der Waals surface area contributed by atoms with Crippen molar-refractivity contribution in [3.63, 3.8) is 0 Å². The van der Waals surface area contributed by atoms with Gasteiger partial charge in [-0.3, -0.25) is 0 Å². The monoisotopic (exact) mass is 243 g/mol. The van der Waals surface area contributed by atoms with Gasteiger partial charge in [0.2, 0.25) is 0 Å². The maximum absolute atomic E-state index is 3.58. The zero-order valence-corrected chi connectivity index (χ0v) is 11.9. The van der Waals surface area contributed by atoms with Crippen LogP contribution in [-0.2, 0) is 6.42 Å². The molecule has 0 amide bonds. The lowest BCUT2D eigenvalue weighted by atomic mass is 10.0. The van der Waals surface area contributed by atoms with Crippen molar-refractivity contribution in [1.29, 1.82) is 0 Å². The molecule has 0 heterocycles. The van der Waals surface area contributed by atoms with Crippen LogP contribution in [0.1, 0.15) is 44.2 Å². The molecule has 0 radical (unpaired) electrons. The Morgan fingerprint density at radius 1 is 1.22 bits per heavy atom. The normalized spacial score (nSPS) is 11.7. The van der Waals surface area contributed by atoms with E-state index in [0.29, 0.717) is 6.04 Å². The Balaban J connectivity index is 2.43. The van der Waals surface area contributed by atoms with Crippen LogP contribution in [-0.4, -0.2) is 12.6 Å². The first-order valence-corrected chi connectivity index (χ1v) is 6.94. The van der Waals surface area contributed by atoms with Crippen molar-refractivity contribution >= 4 is 0 Å². The standard InChI is InChI=1S/C17H25N/c1-4-6-7-17(18-14-5-2)13-12-16-10-8-15(3)9-11-16/h8-11,17-18H,5,7,12-14H2,1-3H3. The molecule has 0 aromatic heterocycles. The van der Waals surface area contributed by atoms with E-state index in [0.717, 1.165) is 25.8 Å². The quantitative estimate of drug-likeness (QED) is 0.720. The third-order valence-electron chi connectivity index (χ3n) is 3.11. The number of hydrogen-bond acceptors (Lipinski definition) is 1. The van der Waals surface area contributed by atoms with E-state index >= 15 is 0 Å². The number of benzene rings is 1. The number of nitrogens with one attached hydrogen (secondary N) is 1. The second-order valence-corrected chi connectivity index (χ2v) is 4.81. The summed E-state index contributed by atoms with van der Waals surface area (Å²) in [5.41, 5.74) is 2.75. The Labute approximate surface area is 112 Å². The van der Waals surface area contributed by atoms with Crippen LogP contribution in [0.3, 0.4) is 0 Å². The van der Waals surface area contributed by atoms with E-state index in [1.165, 1.54) is 17.5 Å². The van der Waals surface area contributed by atoms with Gasteiger partial charge in [-0.15, -0.1) is 11.8 Å². The molecule has 0 spiro atoms. The minimum atomic E-state index is 0.527. The third-order valence-corrected chi connectivity index (χ3v) is 3.11. The molecule has 1 nitrogen and oxygen atoms in total. The molecule has 0 aliphatic carbocycles. The van der Waals surface area contributed by atoms with E-state index in [1.807, 2.05) is 6.92 Å². The summed E-state index contributed by atoms with van der Waals surface area (Å²) >= 11 is 0. The Morgan fingerprint density at radius 2 is 1.94 bits per heavy atom. The van der Waals surface area contributed by atoms with Gasteiger partial charge < -0.3 is 5.32 Å². The summed E-state index contributed by atoms with van der Waals surface area (Å²) in [6.07, 6.45) is 4.44. The molecule has 1 aromatic rings. The van der Waals surface area contributed by atoms with Crippen molar-refractivity contribution in [2.75, 3.05) is 6.54 Å². The smallest absolute Gasteiger partial charge is 0.0243 e. The van der Waals surface area contributed by atoms with Crippen molar-refractivity contribution in [3.05, 3.63) is 35.4 Å². The SMILES string of the molecule is CC#CCC(CCc1ccc(C)cc1)NCCC. The fourth-order valence-corrected chi connectivity index (χ4v) is 1.95. The lowest BCUT2D eigenvalue weighted by molar-refractivity contribution is 0.489. The zero-order valence-electron chi connectivity index (χ0n) is 11.9. The van der Waals surface area contributed by atoms with Crippen LogP contribution in [0, 0.1) is 18.8 Å². The summed E-state index contributed by atoms with van der Waals surface area (Å²) in [6.45, 7) is 7.34. The molecular formula is C17H25N. The fraction of sp³-hybridized carbons (Fsp3) is 0.529. The summed E-state index contributed by atoms with van der Waals surface area (Å²) in [6, 6.07) is 9.37. The topological polar surface area (TPSA) is 12.0 Å². The van der Waals surface area contributed by atoms with Crippen molar-refractivity contribution in [2.24, 2.45) is 0 Å². The number of rotatable bonds is 7. The van der Waals surface area contributed by atoms with Crippen molar-refractivity contribution in [1.82, 2.24) is 5.32 Å². The average molecular weight is 243 g/mol. The molecule has 18 heavy (non-hydrogen) atoms. The van der Waals surface area contributed by atoms with Crippen molar-refractivity contribution < 1.29 is 0 Å². The highest BCUT2D eigenvalue weighted by Crippen LogP contribution is 2.09. The van der Waals surface area contributed by atoms with Gasteiger partial charge in [0.15, 0.2) is 0 Å². The van der Waals surface area contributed by atoms with Gasteiger partial charge in [0, 0.05) is 12.5 Å². The Hall–Kier alpha value is -1.26. The van der Waals surface area contributed by atoms with E-state index < -0.39 is 0 Å². The van der Waals surface area contributed by atoms with Crippen LogP contribution >= 0.6 is 0 Å². The minimum Gasteiger partial charge on any atom is -0.313 e. The molecule has 0 saturated carbocycles. The summed E-state index contributed by atoms with van der Waals surface area (Å²) in [7, 11) is 0. The highest BCUT2D eigenvalue weighted by molar-refractivity contribution is 5.21. The molecule has 1 rings (SSSR count). The molecule has 98 valence electrons. The Kier molecular flexibility index (Phi) is 7.22. The first-order valence-electron chi connectivity index (χ1n) is 6.94. The zero-order chi connectivity index (χ0) is 13.2. The van der Waals surface area contributed by atoms with Gasteiger partial charge in [-0.1, -0.05) is 36.8 Å². The van der Waals surface area contributed by atoms with Crippen molar-refractivity contribution in [3.8, 4) is 11.8 Å². The van der Waals surface area contributed by atoms with Gasteiger partial charge in [0.25, 0.3) is 0 Å². The molecular weight excluding hydrogens is 218 g/mol. The largest absolute Gasteiger partial charge is 0.313 e. The van der Waals surface area contributed by atoms with Gasteiger partial charge in [-0.25, -0.2) is 0 Å². The molecule has 0 saturated heterocycles. The van der Waals surface area contributed by atoms with Crippen LogP contribution in [0.2, 0.25) is 0 Å². The van der Waals surface area contributed by atoms with Crippen LogP contribution < -0.4 is 5.32 Å². The van der Waals surface area contributed by atoms with Gasteiger partial charge in [0.05, 0.1) is 0 Å². The van der Waals surface area contributed by atoms with E-state index in [9.17, 15) is 0 Å². The molecule has 1 heteroatoms. The molecule has 0 aliphatic heterocycles. The van der Waals surface area contributed by atoms with Crippen LogP contribution in [0.25, 0.3) is 0 Å². The third kappa shape index (κ3) is 5.89. The summed E-state index contributed by atoms with van der Waals surface area (Å²) in [4.78, 5) is 0. The minimum absolute atomic E-state index is 0.527. The van der Waals surface area contributed by atoms with Crippen LogP contribution in [0.4, 0.5) is 0 Å². The van der Waals surface area contributed by atoms with E-state index in [-0.39, 0.29) is 0 Å². The van der Waals surface area contributed by atoms with Gasteiger partial charge in [-0.05, 0) is 45.2 Å². The number of aryl methyl sites for hydroxylation is 2. The first-order chi connectivity index (χ1) is 8.76. The molecule has 1 N–H and O–H groups in total. The molecule has 0 aliphatic rings. The van der Waals surface area contributed by atoms with Crippen LogP contribution in [0.5, 0.6) is 0 Å². The maximum Gasteiger partial charge on any atom is 0.0243 e. The van der Waals surface area contributed by atoms with E-state index in [2.05, 4.69) is 55.3 Å². The molecule has 1 aromatic carbocycles. The maximum atomic E-state index is 3.58. The Bertz CT molecular complexity index is 380. The van der Waals surface area contributed by atoms with Crippen LogP contribution in [0.15, 0.2) is 24.3 Å². The second kappa shape index (κ2) is 8.78. The highest BCUT2D eigenvalue weighted by Gasteiger charge is 2.06. The fourth-order valence-electron chi connectivity index (χ4n) is 1.95. The second-order valence-electron chi connectivity index (χ2n) is 4.81. The summed E-state index contributed by atoms with van der Waals surface area (Å²) < 4.78 is 0. The van der Waals surface area contributed by atoms with E-state index in [1.54, 1.807) is 0 Å². The van der Waals surface area contributed by atoms with Gasteiger partial charge >= 0.3 is 0 Å².